The Labute approximate surface area is 129 Å². The molecule has 0 aliphatic heterocycles. The fraction of sp³-hybridized carbons (Fsp3) is 0.0667. The number of hydrogen-bond acceptors (Lipinski definition) is 3. The summed E-state index contributed by atoms with van der Waals surface area (Å²) in [6.07, 6.45) is 0. The maximum Gasteiger partial charge on any atom is 0.339 e. The first kappa shape index (κ1) is 15.1. The molecule has 0 aromatic heterocycles. The first-order valence-corrected chi connectivity index (χ1v) is 6.86. The Morgan fingerprint density at radius 3 is 2.52 bits per heavy atom. The molecule has 2 aromatic carbocycles. The van der Waals surface area contributed by atoms with Crippen molar-refractivity contribution in [3.63, 3.8) is 0 Å². The fourth-order valence-electron chi connectivity index (χ4n) is 1.66. The minimum Gasteiger partial charge on any atom is -0.483 e. The van der Waals surface area contributed by atoms with Crippen LogP contribution >= 0.6 is 15.9 Å². The Morgan fingerprint density at radius 1 is 1.14 bits per heavy atom. The first-order chi connectivity index (χ1) is 10.1. The van der Waals surface area contributed by atoms with Gasteiger partial charge in [0.05, 0.1) is 0 Å². The molecule has 0 aliphatic rings. The molecule has 108 valence electrons. The van der Waals surface area contributed by atoms with E-state index in [2.05, 4.69) is 21.2 Å². The van der Waals surface area contributed by atoms with E-state index in [0.717, 1.165) is 0 Å². The lowest BCUT2D eigenvalue weighted by molar-refractivity contribution is -0.118. The van der Waals surface area contributed by atoms with Crippen molar-refractivity contribution in [2.45, 2.75) is 0 Å². The summed E-state index contributed by atoms with van der Waals surface area (Å²) in [5.74, 6) is -1.33. The Balaban J connectivity index is 2.00. The molecule has 21 heavy (non-hydrogen) atoms. The number of hydrogen-bond donors (Lipinski definition) is 2. The predicted octanol–water partition coefficient (Wildman–Crippen LogP) is 3.16. The molecular formula is C15H12BrNO4. The monoisotopic (exact) mass is 349 g/mol. The van der Waals surface area contributed by atoms with Crippen molar-refractivity contribution in [2.75, 3.05) is 11.9 Å². The molecular weight excluding hydrogens is 338 g/mol. The van der Waals surface area contributed by atoms with E-state index in [9.17, 15) is 9.59 Å². The van der Waals surface area contributed by atoms with Gasteiger partial charge in [-0.05, 0) is 30.3 Å². The molecule has 5 nitrogen and oxygen atoms in total. The second-order valence-corrected chi connectivity index (χ2v) is 5.06. The predicted molar refractivity (Wildman–Crippen MR) is 81.7 cm³/mol. The number of aromatic carboxylic acids is 1. The molecule has 0 bridgehead atoms. The molecule has 2 N–H and O–H groups in total. The van der Waals surface area contributed by atoms with E-state index in [0.29, 0.717) is 10.2 Å². The van der Waals surface area contributed by atoms with Crippen molar-refractivity contribution in [1.29, 1.82) is 0 Å². The number of carboxylic acid groups (broad SMARTS) is 1. The van der Waals surface area contributed by atoms with Crippen LogP contribution in [0.25, 0.3) is 0 Å². The lowest BCUT2D eigenvalue weighted by Crippen LogP contribution is -2.20. The molecule has 6 heteroatoms. The SMILES string of the molecule is O=C(COc1ccc(Br)cc1C(=O)O)Nc1ccccc1. The zero-order chi connectivity index (χ0) is 15.2. The van der Waals surface area contributed by atoms with Gasteiger partial charge >= 0.3 is 5.97 Å². The van der Waals surface area contributed by atoms with Crippen molar-refractivity contribution >= 4 is 33.5 Å². The number of carbonyl (C=O) groups is 2. The highest BCUT2D eigenvalue weighted by atomic mass is 79.9. The molecule has 0 unspecified atom stereocenters. The molecule has 0 saturated heterocycles. The van der Waals surface area contributed by atoms with Crippen LogP contribution in [0.1, 0.15) is 10.4 Å². The second kappa shape index (κ2) is 6.90. The number of anilines is 1. The zero-order valence-electron chi connectivity index (χ0n) is 10.9. The van der Waals surface area contributed by atoms with Crippen LogP contribution < -0.4 is 10.1 Å². The lowest BCUT2D eigenvalue weighted by Gasteiger charge is -2.10. The number of benzene rings is 2. The van der Waals surface area contributed by atoms with Gasteiger partial charge in [-0.3, -0.25) is 4.79 Å². The maximum atomic E-state index is 11.7. The van der Waals surface area contributed by atoms with Gasteiger partial charge in [-0.2, -0.15) is 0 Å². The molecule has 0 heterocycles. The average molecular weight is 350 g/mol. The largest absolute Gasteiger partial charge is 0.483 e. The van der Waals surface area contributed by atoms with Crippen molar-refractivity contribution in [1.82, 2.24) is 0 Å². The molecule has 0 spiro atoms. The molecule has 0 radical (unpaired) electrons. The van der Waals surface area contributed by atoms with Gasteiger partial charge in [0.1, 0.15) is 11.3 Å². The summed E-state index contributed by atoms with van der Waals surface area (Å²) in [7, 11) is 0. The Bertz CT molecular complexity index is 658. The number of halogens is 1. The van der Waals surface area contributed by atoms with Crippen LogP contribution in [0.3, 0.4) is 0 Å². The summed E-state index contributed by atoms with van der Waals surface area (Å²) in [5, 5.41) is 11.7. The van der Waals surface area contributed by atoms with Gasteiger partial charge in [-0.25, -0.2) is 4.79 Å². The Kier molecular flexibility index (Phi) is 4.94. The molecule has 2 rings (SSSR count). The van der Waals surface area contributed by atoms with E-state index < -0.39 is 5.97 Å². The van der Waals surface area contributed by atoms with Gasteiger partial charge in [0, 0.05) is 10.2 Å². The van der Waals surface area contributed by atoms with Crippen LogP contribution in [-0.4, -0.2) is 23.6 Å². The third-order valence-corrected chi connectivity index (χ3v) is 3.08. The Morgan fingerprint density at radius 2 is 1.86 bits per heavy atom. The third kappa shape index (κ3) is 4.32. The van der Waals surface area contributed by atoms with E-state index in [1.807, 2.05) is 6.07 Å². The number of rotatable bonds is 5. The van der Waals surface area contributed by atoms with Crippen LogP contribution in [0.4, 0.5) is 5.69 Å². The highest BCUT2D eigenvalue weighted by Gasteiger charge is 2.13. The minimum atomic E-state index is -1.12. The molecule has 2 aromatic rings. The minimum absolute atomic E-state index is 0.00288. The van der Waals surface area contributed by atoms with E-state index >= 15 is 0 Å². The van der Waals surface area contributed by atoms with Crippen LogP contribution in [0, 0.1) is 0 Å². The van der Waals surface area contributed by atoms with Crippen molar-refractivity contribution in [2.24, 2.45) is 0 Å². The van der Waals surface area contributed by atoms with E-state index in [4.69, 9.17) is 9.84 Å². The van der Waals surface area contributed by atoms with Gasteiger partial charge in [0.2, 0.25) is 0 Å². The van der Waals surface area contributed by atoms with Crippen molar-refractivity contribution in [3.8, 4) is 5.75 Å². The molecule has 1 amide bonds. The summed E-state index contributed by atoms with van der Waals surface area (Å²) in [6, 6.07) is 13.5. The lowest BCUT2D eigenvalue weighted by atomic mass is 10.2. The first-order valence-electron chi connectivity index (χ1n) is 6.07. The van der Waals surface area contributed by atoms with Crippen LogP contribution in [0.2, 0.25) is 0 Å². The number of ether oxygens (including phenoxy) is 1. The van der Waals surface area contributed by atoms with Crippen molar-refractivity contribution in [3.05, 3.63) is 58.6 Å². The molecule has 0 aliphatic carbocycles. The third-order valence-electron chi connectivity index (χ3n) is 2.59. The van der Waals surface area contributed by atoms with E-state index in [-0.39, 0.29) is 23.8 Å². The zero-order valence-corrected chi connectivity index (χ0v) is 12.5. The second-order valence-electron chi connectivity index (χ2n) is 4.15. The number of carboxylic acids is 1. The summed E-state index contributed by atoms with van der Waals surface area (Å²) in [6.45, 7) is -0.267. The normalized spacial score (nSPS) is 9.95. The highest BCUT2D eigenvalue weighted by molar-refractivity contribution is 9.10. The molecule has 0 saturated carbocycles. The number of carbonyl (C=O) groups excluding carboxylic acids is 1. The molecule has 0 atom stereocenters. The van der Waals surface area contributed by atoms with Gasteiger partial charge in [-0.15, -0.1) is 0 Å². The van der Waals surface area contributed by atoms with Gasteiger partial charge in [0.15, 0.2) is 6.61 Å². The maximum absolute atomic E-state index is 11.7. The summed E-state index contributed by atoms with van der Waals surface area (Å²) >= 11 is 3.19. The van der Waals surface area contributed by atoms with Crippen LogP contribution in [-0.2, 0) is 4.79 Å². The smallest absolute Gasteiger partial charge is 0.339 e. The average Bonchev–Trinajstić information content (AvgIpc) is 2.47. The summed E-state index contributed by atoms with van der Waals surface area (Å²) in [5.41, 5.74) is 0.650. The van der Waals surface area contributed by atoms with Crippen molar-refractivity contribution < 1.29 is 19.4 Å². The van der Waals surface area contributed by atoms with E-state index in [1.165, 1.54) is 12.1 Å². The number of amides is 1. The topological polar surface area (TPSA) is 75.6 Å². The molecule has 0 fully saturated rings. The Hall–Kier alpha value is -2.34. The quantitative estimate of drug-likeness (QED) is 0.869. The van der Waals surface area contributed by atoms with Gasteiger partial charge in [-0.1, -0.05) is 34.1 Å². The van der Waals surface area contributed by atoms with Gasteiger partial charge < -0.3 is 15.2 Å². The van der Waals surface area contributed by atoms with Crippen LogP contribution in [0.5, 0.6) is 5.75 Å². The van der Waals surface area contributed by atoms with E-state index in [1.54, 1.807) is 30.3 Å². The summed E-state index contributed by atoms with van der Waals surface area (Å²) in [4.78, 5) is 22.8. The standard InChI is InChI=1S/C15H12BrNO4/c16-10-6-7-13(12(8-10)15(19)20)21-9-14(18)17-11-4-2-1-3-5-11/h1-8H,9H2,(H,17,18)(H,19,20). The van der Waals surface area contributed by atoms with Crippen LogP contribution in [0.15, 0.2) is 53.0 Å². The number of nitrogens with one attached hydrogen (secondary N) is 1. The van der Waals surface area contributed by atoms with Gasteiger partial charge in [0.25, 0.3) is 5.91 Å². The highest BCUT2D eigenvalue weighted by Crippen LogP contribution is 2.23. The number of para-hydroxylation sites is 1. The summed E-state index contributed by atoms with van der Waals surface area (Å²) < 4.78 is 5.90. The fourth-order valence-corrected chi connectivity index (χ4v) is 2.02.